The average Bonchev–Trinajstić information content (AvgIpc) is 2.80. The molecule has 0 radical (unpaired) electrons. The Bertz CT molecular complexity index is 1070. The number of benzene rings is 2. The monoisotopic (exact) mass is 419 g/mol. The summed E-state index contributed by atoms with van der Waals surface area (Å²) in [6, 6.07) is 18.6. The highest BCUT2D eigenvalue weighted by molar-refractivity contribution is 8.00. The van der Waals surface area contributed by atoms with Crippen molar-refractivity contribution in [3.8, 4) is 5.75 Å². The van der Waals surface area contributed by atoms with Crippen molar-refractivity contribution in [3.05, 3.63) is 83.6 Å². The van der Waals surface area contributed by atoms with Gasteiger partial charge in [0.05, 0.1) is 25.1 Å². The second-order valence-electron chi connectivity index (χ2n) is 6.79. The highest BCUT2D eigenvalue weighted by Crippen LogP contribution is 2.34. The van der Waals surface area contributed by atoms with Crippen molar-refractivity contribution in [3.63, 3.8) is 0 Å². The number of ether oxygens (including phenoxy) is 1. The third-order valence-corrected chi connectivity index (χ3v) is 5.84. The summed E-state index contributed by atoms with van der Waals surface area (Å²) >= 11 is 1.46. The summed E-state index contributed by atoms with van der Waals surface area (Å²) in [5, 5.41) is 3.78. The molecule has 1 aliphatic heterocycles. The summed E-state index contributed by atoms with van der Waals surface area (Å²) in [6.45, 7) is 0.829. The largest absolute Gasteiger partial charge is 0.496 e. The zero-order chi connectivity index (χ0) is 20.9. The highest BCUT2D eigenvalue weighted by atomic mass is 32.2. The quantitative estimate of drug-likeness (QED) is 0.660. The molecule has 0 spiro atoms. The lowest BCUT2D eigenvalue weighted by Crippen LogP contribution is -2.35. The fourth-order valence-corrected chi connectivity index (χ4v) is 4.16. The number of carbonyl (C=O) groups excluding carboxylic acids is 2. The van der Waals surface area contributed by atoms with Gasteiger partial charge in [0.1, 0.15) is 10.8 Å². The maximum absolute atomic E-state index is 12.5. The molecule has 2 amide bonds. The van der Waals surface area contributed by atoms with Crippen LogP contribution in [-0.4, -0.2) is 29.7 Å². The topological polar surface area (TPSA) is 71.5 Å². The van der Waals surface area contributed by atoms with Crippen molar-refractivity contribution in [2.75, 3.05) is 17.8 Å². The molecule has 0 atom stereocenters. The summed E-state index contributed by atoms with van der Waals surface area (Å²) in [7, 11) is 1.61. The van der Waals surface area contributed by atoms with E-state index >= 15 is 0 Å². The SMILES string of the molecule is COc1ccccc1CNC(=O)c1ccc(CN2C(=O)CSc3ncccc32)cc1. The Morgan fingerprint density at radius 3 is 2.73 bits per heavy atom. The Morgan fingerprint density at radius 2 is 1.93 bits per heavy atom. The molecule has 0 bridgehead atoms. The predicted octanol–water partition coefficient (Wildman–Crippen LogP) is 3.66. The number of pyridine rings is 1. The van der Waals surface area contributed by atoms with Gasteiger partial charge in [-0.05, 0) is 35.9 Å². The molecular weight excluding hydrogens is 398 g/mol. The number of anilines is 1. The van der Waals surface area contributed by atoms with Gasteiger partial charge in [-0.3, -0.25) is 9.59 Å². The van der Waals surface area contributed by atoms with E-state index in [1.54, 1.807) is 30.3 Å². The highest BCUT2D eigenvalue weighted by Gasteiger charge is 2.25. The van der Waals surface area contributed by atoms with E-state index in [1.807, 2.05) is 48.5 Å². The molecule has 2 aromatic carbocycles. The number of thioether (sulfide) groups is 1. The lowest BCUT2D eigenvalue weighted by atomic mass is 10.1. The van der Waals surface area contributed by atoms with E-state index in [-0.39, 0.29) is 11.8 Å². The third kappa shape index (κ3) is 4.31. The van der Waals surface area contributed by atoms with Crippen LogP contribution >= 0.6 is 11.8 Å². The van der Waals surface area contributed by atoms with Crippen molar-refractivity contribution >= 4 is 29.3 Å². The molecule has 4 rings (SSSR count). The summed E-state index contributed by atoms with van der Waals surface area (Å²) in [6.07, 6.45) is 1.73. The van der Waals surface area contributed by atoms with E-state index in [9.17, 15) is 9.59 Å². The number of nitrogens with one attached hydrogen (secondary N) is 1. The maximum atomic E-state index is 12.5. The minimum Gasteiger partial charge on any atom is -0.496 e. The van der Waals surface area contributed by atoms with Crippen molar-refractivity contribution in [1.82, 2.24) is 10.3 Å². The van der Waals surface area contributed by atoms with Crippen LogP contribution in [0.3, 0.4) is 0 Å². The van der Waals surface area contributed by atoms with E-state index in [1.165, 1.54) is 11.8 Å². The Morgan fingerprint density at radius 1 is 1.13 bits per heavy atom. The molecule has 0 saturated carbocycles. The Labute approximate surface area is 179 Å². The molecule has 1 aromatic heterocycles. The van der Waals surface area contributed by atoms with Gasteiger partial charge in [0, 0.05) is 23.9 Å². The molecule has 3 aromatic rings. The van der Waals surface area contributed by atoms with E-state index in [2.05, 4.69) is 10.3 Å². The van der Waals surface area contributed by atoms with Crippen LogP contribution in [0.4, 0.5) is 5.69 Å². The average molecular weight is 420 g/mol. The second kappa shape index (κ2) is 9.00. The van der Waals surface area contributed by atoms with Crippen LogP contribution in [-0.2, 0) is 17.9 Å². The van der Waals surface area contributed by atoms with Crippen molar-refractivity contribution in [2.24, 2.45) is 0 Å². The van der Waals surface area contributed by atoms with Crippen LogP contribution in [0.15, 0.2) is 71.9 Å². The van der Waals surface area contributed by atoms with Gasteiger partial charge in [-0.15, -0.1) is 0 Å². The molecule has 0 aliphatic carbocycles. The van der Waals surface area contributed by atoms with E-state index in [0.29, 0.717) is 24.4 Å². The van der Waals surface area contributed by atoms with Gasteiger partial charge in [-0.25, -0.2) is 4.98 Å². The van der Waals surface area contributed by atoms with Crippen LogP contribution in [0, 0.1) is 0 Å². The molecule has 0 fully saturated rings. The molecule has 7 heteroatoms. The van der Waals surface area contributed by atoms with Crippen molar-refractivity contribution in [2.45, 2.75) is 18.1 Å². The number of amides is 2. The van der Waals surface area contributed by atoms with Crippen molar-refractivity contribution < 1.29 is 14.3 Å². The minimum atomic E-state index is -0.160. The van der Waals surface area contributed by atoms with Crippen LogP contribution in [0.5, 0.6) is 5.75 Å². The first-order chi connectivity index (χ1) is 14.7. The van der Waals surface area contributed by atoms with E-state index in [0.717, 1.165) is 27.6 Å². The molecule has 1 aliphatic rings. The summed E-state index contributed by atoms with van der Waals surface area (Å²) in [4.78, 5) is 31.0. The van der Waals surface area contributed by atoms with Gasteiger partial charge in [-0.1, -0.05) is 42.1 Å². The molecule has 0 saturated heterocycles. The van der Waals surface area contributed by atoms with Gasteiger partial charge < -0.3 is 15.0 Å². The van der Waals surface area contributed by atoms with Gasteiger partial charge in [-0.2, -0.15) is 0 Å². The molecule has 152 valence electrons. The second-order valence-corrected chi connectivity index (χ2v) is 7.75. The van der Waals surface area contributed by atoms with E-state index in [4.69, 9.17) is 4.74 Å². The first kappa shape index (κ1) is 20.0. The number of rotatable bonds is 6. The predicted molar refractivity (Wildman–Crippen MR) is 117 cm³/mol. The Balaban J connectivity index is 1.42. The Kier molecular flexibility index (Phi) is 5.99. The van der Waals surface area contributed by atoms with Crippen LogP contribution in [0.1, 0.15) is 21.5 Å². The first-order valence-electron chi connectivity index (χ1n) is 9.53. The number of hydrogen-bond acceptors (Lipinski definition) is 5. The molecule has 0 unspecified atom stereocenters. The standard InChI is InChI=1S/C23H21N3O3S/c1-29-20-7-3-2-5-18(20)13-25-22(28)17-10-8-16(9-11-17)14-26-19-6-4-12-24-23(19)30-15-21(26)27/h2-12H,13-15H2,1H3,(H,25,28). The van der Waals surface area contributed by atoms with Crippen molar-refractivity contribution in [1.29, 1.82) is 0 Å². The summed E-state index contributed by atoms with van der Waals surface area (Å²) in [5.41, 5.74) is 3.26. The molecule has 2 heterocycles. The number of nitrogens with zero attached hydrogens (tertiary/aromatic N) is 2. The summed E-state index contributed by atoms with van der Waals surface area (Å²) < 4.78 is 5.32. The fraction of sp³-hybridized carbons (Fsp3) is 0.174. The fourth-order valence-electron chi connectivity index (χ4n) is 3.29. The van der Waals surface area contributed by atoms with Gasteiger partial charge in [0.2, 0.25) is 5.91 Å². The Hall–Kier alpha value is -3.32. The van der Waals surface area contributed by atoms with E-state index < -0.39 is 0 Å². The number of carbonyl (C=O) groups is 2. The zero-order valence-electron chi connectivity index (χ0n) is 16.5. The maximum Gasteiger partial charge on any atom is 0.251 e. The third-order valence-electron chi connectivity index (χ3n) is 4.86. The minimum absolute atomic E-state index is 0.0547. The summed E-state index contributed by atoms with van der Waals surface area (Å²) in [5.74, 6) is 1.02. The lowest BCUT2D eigenvalue weighted by Gasteiger charge is -2.28. The number of para-hydroxylation sites is 1. The zero-order valence-corrected chi connectivity index (χ0v) is 17.3. The van der Waals surface area contributed by atoms with Gasteiger partial charge in [0.15, 0.2) is 0 Å². The van der Waals surface area contributed by atoms with Crippen LogP contribution in [0.25, 0.3) is 0 Å². The lowest BCUT2D eigenvalue weighted by molar-refractivity contribution is -0.116. The van der Waals surface area contributed by atoms with Crippen LogP contribution < -0.4 is 15.0 Å². The van der Waals surface area contributed by atoms with Gasteiger partial charge >= 0.3 is 0 Å². The first-order valence-corrected chi connectivity index (χ1v) is 10.5. The number of fused-ring (bicyclic) bond motifs is 1. The van der Waals surface area contributed by atoms with Gasteiger partial charge in [0.25, 0.3) is 5.91 Å². The number of methoxy groups -OCH3 is 1. The number of hydrogen-bond donors (Lipinski definition) is 1. The molecule has 30 heavy (non-hydrogen) atoms. The molecule has 1 N–H and O–H groups in total. The molecular formula is C23H21N3O3S. The molecule has 6 nitrogen and oxygen atoms in total. The number of aromatic nitrogens is 1. The smallest absolute Gasteiger partial charge is 0.251 e. The normalized spacial score (nSPS) is 13.0. The van der Waals surface area contributed by atoms with Crippen LogP contribution in [0.2, 0.25) is 0 Å².